The lowest BCUT2D eigenvalue weighted by molar-refractivity contribution is -0.120. The highest BCUT2D eigenvalue weighted by molar-refractivity contribution is 5.95. The molecule has 0 aliphatic carbocycles. The van der Waals surface area contributed by atoms with Crippen molar-refractivity contribution in [3.05, 3.63) is 35.4 Å². The third kappa shape index (κ3) is 2.66. The Morgan fingerprint density at radius 1 is 1.39 bits per heavy atom. The lowest BCUT2D eigenvalue weighted by Gasteiger charge is -2.19. The van der Waals surface area contributed by atoms with Gasteiger partial charge in [-0.2, -0.15) is 5.26 Å². The van der Waals surface area contributed by atoms with Gasteiger partial charge in [-0.15, -0.1) is 0 Å². The molecule has 5 nitrogen and oxygen atoms in total. The second kappa shape index (κ2) is 5.32. The van der Waals surface area contributed by atoms with Crippen LogP contribution < -0.4 is 5.32 Å². The molecule has 1 aromatic rings. The Kier molecular flexibility index (Phi) is 3.58. The zero-order valence-electron chi connectivity index (χ0n) is 9.85. The van der Waals surface area contributed by atoms with Crippen LogP contribution in [0.25, 0.3) is 0 Å². The van der Waals surface area contributed by atoms with Crippen LogP contribution in [0.1, 0.15) is 22.3 Å². The summed E-state index contributed by atoms with van der Waals surface area (Å²) in [5, 5.41) is 11.5. The number of carbonyl (C=O) groups excluding carboxylic acids is 2. The normalized spacial score (nSPS) is 15.5. The van der Waals surface area contributed by atoms with Crippen molar-refractivity contribution in [2.24, 2.45) is 0 Å². The van der Waals surface area contributed by atoms with E-state index in [1.54, 1.807) is 29.2 Å². The van der Waals surface area contributed by atoms with Crippen molar-refractivity contribution in [1.82, 2.24) is 10.2 Å². The third-order valence-corrected chi connectivity index (χ3v) is 2.84. The number of nitrogens with one attached hydrogen (secondary N) is 1. The van der Waals surface area contributed by atoms with Gasteiger partial charge in [-0.25, -0.2) is 0 Å². The minimum atomic E-state index is -0.136. The molecule has 0 unspecified atom stereocenters. The number of rotatable bonds is 1. The first-order valence-electron chi connectivity index (χ1n) is 5.77. The van der Waals surface area contributed by atoms with E-state index in [1.165, 1.54) is 0 Å². The van der Waals surface area contributed by atoms with E-state index in [4.69, 9.17) is 5.26 Å². The Hall–Kier alpha value is -2.35. The number of amides is 2. The van der Waals surface area contributed by atoms with Gasteiger partial charge in [0.1, 0.15) is 0 Å². The second-order valence-electron chi connectivity index (χ2n) is 4.08. The molecule has 2 amide bonds. The fourth-order valence-corrected chi connectivity index (χ4v) is 1.87. The number of nitrogens with zero attached hydrogens (tertiary/aromatic N) is 2. The average molecular weight is 243 g/mol. The molecule has 1 aliphatic rings. The standard InChI is InChI=1S/C13H13N3O2/c14-9-10-2-1-3-11(8-10)13(18)16-6-4-12(17)15-5-7-16/h1-3,8H,4-7H2,(H,15,17). The van der Waals surface area contributed by atoms with E-state index in [0.717, 1.165) is 0 Å². The Bertz CT molecular complexity index is 519. The van der Waals surface area contributed by atoms with Crippen molar-refractivity contribution >= 4 is 11.8 Å². The Balaban J connectivity index is 2.15. The Morgan fingerprint density at radius 3 is 3.00 bits per heavy atom. The summed E-state index contributed by atoms with van der Waals surface area (Å²) < 4.78 is 0. The molecule has 0 bridgehead atoms. The van der Waals surface area contributed by atoms with E-state index >= 15 is 0 Å². The van der Waals surface area contributed by atoms with E-state index in [1.807, 2.05) is 6.07 Å². The number of hydrogen-bond donors (Lipinski definition) is 1. The van der Waals surface area contributed by atoms with Crippen molar-refractivity contribution in [1.29, 1.82) is 5.26 Å². The van der Waals surface area contributed by atoms with Gasteiger partial charge in [0.2, 0.25) is 5.91 Å². The molecule has 0 radical (unpaired) electrons. The monoisotopic (exact) mass is 243 g/mol. The van der Waals surface area contributed by atoms with Crippen molar-refractivity contribution < 1.29 is 9.59 Å². The van der Waals surface area contributed by atoms with Gasteiger partial charge in [-0.3, -0.25) is 9.59 Å². The first-order chi connectivity index (χ1) is 8.70. The van der Waals surface area contributed by atoms with Crippen LogP contribution in [0.4, 0.5) is 0 Å². The molecular formula is C13H13N3O2. The van der Waals surface area contributed by atoms with E-state index < -0.39 is 0 Å². The molecule has 1 aliphatic heterocycles. The summed E-state index contributed by atoms with van der Waals surface area (Å²) in [4.78, 5) is 25.0. The number of benzene rings is 1. The summed E-state index contributed by atoms with van der Waals surface area (Å²) in [6.45, 7) is 1.39. The van der Waals surface area contributed by atoms with Crippen molar-refractivity contribution in [3.8, 4) is 6.07 Å². The summed E-state index contributed by atoms with van der Waals surface area (Å²) in [7, 11) is 0. The first kappa shape index (κ1) is 12.1. The van der Waals surface area contributed by atoms with Gasteiger partial charge in [-0.1, -0.05) is 6.07 Å². The predicted molar refractivity (Wildman–Crippen MR) is 64.7 cm³/mol. The molecule has 1 aromatic carbocycles. The Morgan fingerprint density at radius 2 is 2.22 bits per heavy atom. The number of carbonyl (C=O) groups is 2. The van der Waals surface area contributed by atoms with E-state index in [9.17, 15) is 9.59 Å². The summed E-state index contributed by atoms with van der Waals surface area (Å²) in [5.41, 5.74) is 0.952. The molecule has 2 rings (SSSR count). The van der Waals surface area contributed by atoms with Crippen LogP contribution in [-0.4, -0.2) is 36.3 Å². The van der Waals surface area contributed by atoms with E-state index in [2.05, 4.69) is 5.32 Å². The largest absolute Gasteiger partial charge is 0.354 e. The highest BCUT2D eigenvalue weighted by atomic mass is 16.2. The van der Waals surface area contributed by atoms with Gasteiger partial charge >= 0.3 is 0 Å². The topological polar surface area (TPSA) is 73.2 Å². The SMILES string of the molecule is N#Cc1cccc(C(=O)N2CCNC(=O)CC2)c1. The van der Waals surface area contributed by atoms with Crippen LogP contribution in [0.5, 0.6) is 0 Å². The molecule has 1 heterocycles. The zero-order valence-corrected chi connectivity index (χ0v) is 9.85. The van der Waals surface area contributed by atoms with Gasteiger partial charge in [-0.05, 0) is 18.2 Å². The van der Waals surface area contributed by atoms with Crippen molar-refractivity contribution in [2.75, 3.05) is 19.6 Å². The first-order valence-corrected chi connectivity index (χ1v) is 5.77. The molecule has 18 heavy (non-hydrogen) atoms. The lowest BCUT2D eigenvalue weighted by Crippen LogP contribution is -2.34. The predicted octanol–water partition coefficient (Wildman–Crippen LogP) is 0.520. The molecule has 0 spiro atoms. The maximum Gasteiger partial charge on any atom is 0.253 e. The van der Waals surface area contributed by atoms with Gasteiger partial charge < -0.3 is 10.2 Å². The smallest absolute Gasteiger partial charge is 0.253 e. The van der Waals surface area contributed by atoms with Crippen LogP contribution in [0.15, 0.2) is 24.3 Å². The molecule has 0 atom stereocenters. The summed E-state index contributed by atoms with van der Waals surface area (Å²) in [6.07, 6.45) is 0.323. The maximum absolute atomic E-state index is 12.2. The highest BCUT2D eigenvalue weighted by Gasteiger charge is 2.19. The van der Waals surface area contributed by atoms with Gasteiger partial charge in [0, 0.05) is 31.6 Å². The van der Waals surface area contributed by atoms with Crippen LogP contribution >= 0.6 is 0 Å². The molecular weight excluding hydrogens is 230 g/mol. The zero-order chi connectivity index (χ0) is 13.0. The minimum absolute atomic E-state index is 0.0314. The molecule has 0 aromatic heterocycles. The molecule has 1 saturated heterocycles. The second-order valence-corrected chi connectivity index (χ2v) is 4.08. The molecule has 1 fully saturated rings. The van der Waals surface area contributed by atoms with Gasteiger partial charge in [0.25, 0.3) is 5.91 Å². The minimum Gasteiger partial charge on any atom is -0.354 e. The quantitative estimate of drug-likeness (QED) is 0.781. The Labute approximate surface area is 105 Å². The maximum atomic E-state index is 12.2. The summed E-state index contributed by atoms with van der Waals surface area (Å²) in [5.74, 6) is -0.167. The third-order valence-electron chi connectivity index (χ3n) is 2.84. The van der Waals surface area contributed by atoms with Crippen LogP contribution in [0.3, 0.4) is 0 Å². The van der Waals surface area contributed by atoms with E-state index in [-0.39, 0.29) is 11.8 Å². The fraction of sp³-hybridized carbons (Fsp3) is 0.308. The number of nitriles is 1. The molecule has 5 heteroatoms. The summed E-state index contributed by atoms with van der Waals surface area (Å²) in [6, 6.07) is 8.61. The van der Waals surface area contributed by atoms with Crippen LogP contribution in [0.2, 0.25) is 0 Å². The molecule has 0 saturated carbocycles. The van der Waals surface area contributed by atoms with Crippen LogP contribution in [-0.2, 0) is 4.79 Å². The highest BCUT2D eigenvalue weighted by Crippen LogP contribution is 2.09. The van der Waals surface area contributed by atoms with Crippen molar-refractivity contribution in [3.63, 3.8) is 0 Å². The fourth-order valence-electron chi connectivity index (χ4n) is 1.87. The van der Waals surface area contributed by atoms with Gasteiger partial charge in [0.15, 0.2) is 0 Å². The lowest BCUT2D eigenvalue weighted by atomic mass is 10.1. The van der Waals surface area contributed by atoms with Crippen molar-refractivity contribution in [2.45, 2.75) is 6.42 Å². The summed E-state index contributed by atoms with van der Waals surface area (Å²) >= 11 is 0. The van der Waals surface area contributed by atoms with E-state index in [0.29, 0.717) is 37.2 Å². The van der Waals surface area contributed by atoms with Gasteiger partial charge in [0.05, 0.1) is 11.6 Å². The molecule has 92 valence electrons. The number of hydrogen-bond acceptors (Lipinski definition) is 3. The van der Waals surface area contributed by atoms with Crippen LogP contribution in [0, 0.1) is 11.3 Å². The average Bonchev–Trinajstić information content (AvgIpc) is 2.63. The molecule has 1 N–H and O–H groups in total.